The molecule has 3 heteroatoms. The minimum Gasteiger partial charge on any atom is -0.356 e. The molecular weight excluding hydrogens is 272 g/mol. The van der Waals surface area contributed by atoms with Crippen LogP contribution in [0.1, 0.15) is 50.8 Å². The van der Waals surface area contributed by atoms with Gasteiger partial charge in [-0.1, -0.05) is 38.4 Å². The van der Waals surface area contributed by atoms with Gasteiger partial charge >= 0.3 is 0 Å². The van der Waals surface area contributed by atoms with Crippen molar-refractivity contribution in [1.82, 2.24) is 10.1 Å². The molecule has 0 saturated carbocycles. The second-order valence-electron chi connectivity index (χ2n) is 7.32. The van der Waals surface area contributed by atoms with Crippen LogP contribution in [0.2, 0.25) is 0 Å². The molecule has 0 bridgehead atoms. The van der Waals surface area contributed by atoms with E-state index in [0.717, 1.165) is 18.5 Å². The van der Waals surface area contributed by atoms with Crippen LogP contribution < -0.4 is 0 Å². The number of fused-ring (bicyclic) bond motifs is 1. The smallest absolute Gasteiger partial charge is 0.167 e. The zero-order valence-electron chi connectivity index (χ0n) is 14.3. The summed E-state index contributed by atoms with van der Waals surface area (Å²) in [5.41, 5.74) is 3.49. The molecule has 120 valence electrons. The van der Waals surface area contributed by atoms with Gasteiger partial charge in [0.1, 0.15) is 0 Å². The molecule has 0 aliphatic carbocycles. The molecule has 2 aromatic rings. The summed E-state index contributed by atoms with van der Waals surface area (Å²) >= 11 is 0. The van der Waals surface area contributed by atoms with E-state index in [2.05, 4.69) is 56.1 Å². The largest absolute Gasteiger partial charge is 0.356 e. The molecule has 1 aliphatic heterocycles. The Balaban J connectivity index is 1.91. The van der Waals surface area contributed by atoms with Crippen molar-refractivity contribution in [3.05, 3.63) is 29.5 Å². The predicted molar refractivity (Wildman–Crippen MR) is 91.2 cm³/mol. The van der Waals surface area contributed by atoms with E-state index >= 15 is 0 Å². The Labute approximate surface area is 133 Å². The van der Waals surface area contributed by atoms with Gasteiger partial charge in [0.05, 0.1) is 5.69 Å². The Morgan fingerprint density at radius 2 is 2.18 bits per heavy atom. The van der Waals surface area contributed by atoms with Gasteiger partial charge in [-0.2, -0.15) is 0 Å². The third-order valence-electron chi connectivity index (χ3n) is 5.02. The SMILES string of the molecule is CC[C@H]1CN(C)CC[C@@H]1c1noc2cc(CC(C)C)ccc12. The number of benzene rings is 1. The number of piperidine rings is 1. The minimum absolute atomic E-state index is 0.540. The van der Waals surface area contributed by atoms with Gasteiger partial charge in [-0.3, -0.25) is 0 Å². The van der Waals surface area contributed by atoms with Crippen molar-refractivity contribution in [3.63, 3.8) is 0 Å². The molecule has 2 heterocycles. The van der Waals surface area contributed by atoms with Crippen molar-refractivity contribution in [1.29, 1.82) is 0 Å². The first kappa shape index (κ1) is 15.5. The second kappa shape index (κ2) is 6.41. The normalized spacial score (nSPS) is 23.5. The van der Waals surface area contributed by atoms with Crippen LogP contribution in [0.5, 0.6) is 0 Å². The van der Waals surface area contributed by atoms with E-state index in [1.54, 1.807) is 0 Å². The van der Waals surface area contributed by atoms with Crippen molar-refractivity contribution >= 4 is 11.0 Å². The van der Waals surface area contributed by atoms with Crippen molar-refractivity contribution < 1.29 is 4.52 Å². The highest BCUT2D eigenvalue weighted by molar-refractivity contribution is 5.80. The topological polar surface area (TPSA) is 29.3 Å². The number of likely N-dealkylation sites (tertiary alicyclic amines) is 1. The molecule has 2 atom stereocenters. The van der Waals surface area contributed by atoms with Crippen LogP contribution in [0.3, 0.4) is 0 Å². The van der Waals surface area contributed by atoms with Crippen LogP contribution in [0, 0.1) is 11.8 Å². The lowest BCUT2D eigenvalue weighted by Crippen LogP contribution is -2.36. The number of nitrogens with zero attached hydrogens (tertiary/aromatic N) is 2. The van der Waals surface area contributed by atoms with Gasteiger partial charge < -0.3 is 9.42 Å². The van der Waals surface area contributed by atoms with E-state index in [4.69, 9.17) is 4.52 Å². The summed E-state index contributed by atoms with van der Waals surface area (Å²) in [4.78, 5) is 2.44. The Bertz CT molecular complexity index is 631. The fraction of sp³-hybridized carbons (Fsp3) is 0.632. The quantitative estimate of drug-likeness (QED) is 0.834. The van der Waals surface area contributed by atoms with Crippen LogP contribution in [0.4, 0.5) is 0 Å². The van der Waals surface area contributed by atoms with E-state index in [1.807, 2.05) is 0 Å². The molecule has 22 heavy (non-hydrogen) atoms. The van der Waals surface area contributed by atoms with Crippen LogP contribution >= 0.6 is 0 Å². The Hall–Kier alpha value is -1.35. The summed E-state index contributed by atoms with van der Waals surface area (Å²) in [6, 6.07) is 6.66. The Morgan fingerprint density at radius 3 is 2.91 bits per heavy atom. The molecule has 1 aliphatic rings. The lowest BCUT2D eigenvalue weighted by Gasteiger charge is -2.35. The number of hydrogen-bond donors (Lipinski definition) is 0. The summed E-state index contributed by atoms with van der Waals surface area (Å²) in [7, 11) is 2.22. The van der Waals surface area contributed by atoms with Crippen LogP contribution in [-0.4, -0.2) is 30.2 Å². The van der Waals surface area contributed by atoms with Crippen molar-refractivity contribution in [3.8, 4) is 0 Å². The maximum absolute atomic E-state index is 5.68. The van der Waals surface area contributed by atoms with Gasteiger partial charge in [0, 0.05) is 17.8 Å². The molecule has 0 N–H and O–H groups in total. The highest BCUT2D eigenvalue weighted by Crippen LogP contribution is 2.37. The predicted octanol–water partition coefficient (Wildman–Crippen LogP) is 4.47. The maximum atomic E-state index is 5.68. The molecule has 1 saturated heterocycles. The first-order valence-electron chi connectivity index (χ1n) is 8.65. The van der Waals surface area contributed by atoms with Crippen LogP contribution in [0.15, 0.2) is 22.7 Å². The molecule has 0 unspecified atom stereocenters. The third-order valence-corrected chi connectivity index (χ3v) is 5.02. The lowest BCUT2D eigenvalue weighted by atomic mass is 9.80. The van der Waals surface area contributed by atoms with Gasteiger partial charge in [-0.25, -0.2) is 0 Å². The number of hydrogen-bond acceptors (Lipinski definition) is 3. The van der Waals surface area contributed by atoms with Gasteiger partial charge in [-0.15, -0.1) is 0 Å². The molecule has 0 radical (unpaired) electrons. The first-order chi connectivity index (χ1) is 10.6. The van der Waals surface area contributed by atoms with Crippen LogP contribution in [0.25, 0.3) is 11.0 Å². The zero-order valence-corrected chi connectivity index (χ0v) is 14.3. The molecule has 1 fully saturated rings. The van der Waals surface area contributed by atoms with E-state index in [1.165, 1.54) is 36.0 Å². The highest BCUT2D eigenvalue weighted by atomic mass is 16.5. The fourth-order valence-electron chi connectivity index (χ4n) is 3.85. The van der Waals surface area contributed by atoms with E-state index in [0.29, 0.717) is 17.8 Å². The maximum Gasteiger partial charge on any atom is 0.167 e. The fourth-order valence-corrected chi connectivity index (χ4v) is 3.85. The van der Waals surface area contributed by atoms with Crippen molar-refractivity contribution in [2.45, 2.75) is 46.0 Å². The van der Waals surface area contributed by atoms with Crippen molar-refractivity contribution in [2.24, 2.45) is 11.8 Å². The zero-order chi connectivity index (χ0) is 15.7. The molecule has 0 amide bonds. The molecule has 1 aromatic carbocycles. The summed E-state index contributed by atoms with van der Waals surface area (Å²) in [6.07, 6.45) is 3.48. The second-order valence-corrected chi connectivity index (χ2v) is 7.32. The lowest BCUT2D eigenvalue weighted by molar-refractivity contribution is 0.176. The Morgan fingerprint density at radius 1 is 1.36 bits per heavy atom. The first-order valence-corrected chi connectivity index (χ1v) is 8.65. The standard InChI is InChI=1S/C19H28N2O/c1-5-15-12-21(4)9-8-16(15)19-17-7-6-14(10-13(2)3)11-18(17)22-20-19/h6-7,11,13,15-16H,5,8-10,12H2,1-4H3/t15-,16-/m0/s1. The van der Waals surface area contributed by atoms with Crippen LogP contribution in [-0.2, 0) is 6.42 Å². The molecular formula is C19H28N2O. The van der Waals surface area contributed by atoms with Crippen molar-refractivity contribution in [2.75, 3.05) is 20.1 Å². The average Bonchev–Trinajstić information content (AvgIpc) is 2.89. The monoisotopic (exact) mass is 300 g/mol. The molecule has 3 nitrogen and oxygen atoms in total. The third kappa shape index (κ3) is 3.05. The van der Waals surface area contributed by atoms with E-state index in [-0.39, 0.29) is 0 Å². The summed E-state index contributed by atoms with van der Waals surface area (Å²) < 4.78 is 5.68. The number of aromatic nitrogens is 1. The molecule has 0 spiro atoms. The summed E-state index contributed by atoms with van der Waals surface area (Å²) in [5.74, 6) is 1.89. The van der Waals surface area contributed by atoms with Gasteiger partial charge in [0.2, 0.25) is 0 Å². The van der Waals surface area contributed by atoms with E-state index < -0.39 is 0 Å². The Kier molecular flexibility index (Phi) is 4.53. The summed E-state index contributed by atoms with van der Waals surface area (Å²) in [6.45, 7) is 9.11. The van der Waals surface area contributed by atoms with Gasteiger partial charge in [-0.05, 0) is 56.0 Å². The molecule has 1 aromatic heterocycles. The average molecular weight is 300 g/mol. The van der Waals surface area contributed by atoms with Gasteiger partial charge in [0.15, 0.2) is 5.58 Å². The molecule has 3 rings (SSSR count). The van der Waals surface area contributed by atoms with E-state index in [9.17, 15) is 0 Å². The minimum atomic E-state index is 0.540. The number of rotatable bonds is 4. The van der Waals surface area contributed by atoms with Gasteiger partial charge in [0.25, 0.3) is 0 Å². The highest BCUT2D eigenvalue weighted by Gasteiger charge is 2.31. The summed E-state index contributed by atoms with van der Waals surface area (Å²) in [5, 5.41) is 5.69.